The molecule has 0 radical (unpaired) electrons. The van der Waals surface area contributed by atoms with Gasteiger partial charge in [-0.05, 0) is 126 Å². The lowest BCUT2D eigenvalue weighted by atomic mass is 10.0. The third kappa shape index (κ3) is 15.3. The SMILES string of the molecule is CC.CC(C)(C)OC(=O)n1cc(N)cn1.CCc1ccc(-c2ccnc(Cl)n2)cc1C.CCc1ccc(-c2ccnc(Nc3cnn(C(=O)OC(C)(C)C)c3)n2)cc1C. The first-order valence-corrected chi connectivity index (χ1v) is 19.8. The minimum Gasteiger partial charge on any atom is -0.442 e. The number of aromatic nitrogens is 8. The highest BCUT2D eigenvalue weighted by molar-refractivity contribution is 6.28. The molecule has 314 valence electrons. The number of carbonyl (C=O) groups is 2. The lowest BCUT2D eigenvalue weighted by molar-refractivity contribution is 0.0503. The van der Waals surface area contributed by atoms with Crippen LogP contribution in [0.1, 0.15) is 91.5 Å². The van der Waals surface area contributed by atoms with Crippen molar-refractivity contribution in [2.24, 2.45) is 0 Å². The monoisotopic (exact) mass is 824 g/mol. The Labute approximate surface area is 352 Å². The molecule has 2 aromatic carbocycles. The Balaban J connectivity index is 0.000000254. The van der Waals surface area contributed by atoms with E-state index in [0.717, 1.165) is 44.7 Å². The Bertz CT molecular complexity index is 2290. The molecule has 0 saturated carbocycles. The van der Waals surface area contributed by atoms with Crippen molar-refractivity contribution in [3.8, 4) is 22.5 Å². The second-order valence-corrected chi connectivity index (χ2v) is 15.3. The van der Waals surface area contributed by atoms with E-state index in [9.17, 15) is 9.59 Å². The fourth-order valence-corrected chi connectivity index (χ4v) is 5.40. The molecule has 0 aliphatic heterocycles. The van der Waals surface area contributed by atoms with Gasteiger partial charge in [0.25, 0.3) is 0 Å². The van der Waals surface area contributed by atoms with E-state index in [1.54, 1.807) is 39.4 Å². The molecular weight excluding hydrogens is 768 g/mol. The van der Waals surface area contributed by atoms with Crippen LogP contribution >= 0.6 is 11.6 Å². The zero-order valence-electron chi connectivity index (χ0n) is 36.2. The molecule has 0 bridgehead atoms. The predicted octanol–water partition coefficient (Wildman–Crippen LogP) is 10.7. The number of carbonyl (C=O) groups excluding carboxylic acids is 2. The summed E-state index contributed by atoms with van der Waals surface area (Å²) in [6.07, 6.45) is 10.2. The van der Waals surface area contributed by atoms with Gasteiger partial charge in [0.1, 0.15) is 11.2 Å². The van der Waals surface area contributed by atoms with E-state index in [2.05, 4.69) is 99.5 Å². The van der Waals surface area contributed by atoms with Crippen LogP contribution in [0, 0.1) is 13.8 Å². The molecule has 0 amide bonds. The summed E-state index contributed by atoms with van der Waals surface area (Å²) in [6, 6.07) is 16.4. The lowest BCUT2D eigenvalue weighted by Gasteiger charge is -2.18. The summed E-state index contributed by atoms with van der Waals surface area (Å²) in [7, 11) is 0. The summed E-state index contributed by atoms with van der Waals surface area (Å²) in [5, 5.41) is 11.1. The Hall–Kier alpha value is -6.15. The predicted molar refractivity (Wildman–Crippen MR) is 235 cm³/mol. The number of ether oxygens (including phenoxy) is 2. The van der Waals surface area contributed by atoms with Crippen molar-refractivity contribution in [2.75, 3.05) is 11.1 Å². The number of halogens is 1. The minimum atomic E-state index is -0.584. The molecule has 0 aliphatic rings. The summed E-state index contributed by atoms with van der Waals surface area (Å²) < 4.78 is 12.6. The van der Waals surface area contributed by atoms with Crippen LogP contribution in [0.2, 0.25) is 5.28 Å². The van der Waals surface area contributed by atoms with E-state index in [-0.39, 0.29) is 5.28 Å². The van der Waals surface area contributed by atoms with E-state index < -0.39 is 23.4 Å². The fraction of sp³-hybridized carbons (Fsp3) is 0.364. The van der Waals surface area contributed by atoms with Crippen molar-refractivity contribution in [3.63, 3.8) is 0 Å². The smallest absolute Gasteiger partial charge is 0.435 e. The number of rotatable bonds is 6. The van der Waals surface area contributed by atoms with Crippen LogP contribution < -0.4 is 11.1 Å². The average molecular weight is 825 g/mol. The molecule has 6 rings (SSSR count). The summed E-state index contributed by atoms with van der Waals surface area (Å²) in [4.78, 5) is 40.3. The maximum atomic E-state index is 12.1. The quantitative estimate of drug-likeness (QED) is 0.152. The number of nitrogens with zero attached hydrogens (tertiary/aromatic N) is 8. The van der Waals surface area contributed by atoms with Crippen molar-refractivity contribution >= 4 is 41.1 Å². The highest BCUT2D eigenvalue weighted by Gasteiger charge is 2.19. The van der Waals surface area contributed by atoms with Crippen LogP contribution in [-0.4, -0.2) is 62.9 Å². The van der Waals surface area contributed by atoms with Gasteiger partial charge in [-0.3, -0.25) is 0 Å². The summed E-state index contributed by atoms with van der Waals surface area (Å²) in [5.74, 6) is 0.429. The molecule has 4 aromatic heterocycles. The van der Waals surface area contributed by atoms with Crippen LogP contribution in [0.15, 0.2) is 85.7 Å². The van der Waals surface area contributed by atoms with E-state index >= 15 is 0 Å². The number of anilines is 3. The average Bonchev–Trinajstić information content (AvgIpc) is 3.84. The Kier molecular flexibility index (Phi) is 17.3. The molecule has 0 aliphatic carbocycles. The van der Waals surface area contributed by atoms with Crippen LogP contribution in [0.5, 0.6) is 0 Å². The highest BCUT2D eigenvalue weighted by atomic mass is 35.5. The largest absolute Gasteiger partial charge is 0.442 e. The third-order valence-electron chi connectivity index (χ3n) is 7.92. The van der Waals surface area contributed by atoms with E-state index in [4.69, 9.17) is 26.8 Å². The van der Waals surface area contributed by atoms with Gasteiger partial charge in [-0.2, -0.15) is 19.6 Å². The normalized spacial score (nSPS) is 10.8. The van der Waals surface area contributed by atoms with Gasteiger partial charge in [0.15, 0.2) is 0 Å². The van der Waals surface area contributed by atoms with E-state index in [1.807, 2.05) is 46.8 Å². The van der Waals surface area contributed by atoms with Gasteiger partial charge in [-0.15, -0.1) is 0 Å². The number of hydrogen-bond donors (Lipinski definition) is 2. The number of nitrogens with one attached hydrogen (secondary N) is 1. The van der Waals surface area contributed by atoms with E-state index in [0.29, 0.717) is 17.3 Å². The first-order chi connectivity index (χ1) is 27.8. The van der Waals surface area contributed by atoms with Crippen molar-refractivity contribution in [2.45, 2.75) is 107 Å². The van der Waals surface area contributed by atoms with Crippen LogP contribution in [0.3, 0.4) is 0 Å². The van der Waals surface area contributed by atoms with E-state index in [1.165, 1.54) is 40.8 Å². The summed E-state index contributed by atoms with van der Waals surface area (Å²) in [5.41, 5.74) is 14.3. The van der Waals surface area contributed by atoms with Crippen LogP contribution in [0.25, 0.3) is 22.5 Å². The second kappa shape index (κ2) is 21.6. The third-order valence-corrected chi connectivity index (χ3v) is 8.10. The molecule has 0 atom stereocenters. The molecule has 4 heterocycles. The zero-order chi connectivity index (χ0) is 43.9. The van der Waals surface area contributed by atoms with Gasteiger partial charge in [-0.25, -0.2) is 29.5 Å². The summed E-state index contributed by atoms with van der Waals surface area (Å²) >= 11 is 5.77. The van der Waals surface area contributed by atoms with Crippen molar-refractivity contribution < 1.29 is 19.1 Å². The summed E-state index contributed by atoms with van der Waals surface area (Å²) in [6.45, 7) is 23.3. The van der Waals surface area contributed by atoms with Crippen LogP contribution in [0.4, 0.5) is 26.9 Å². The van der Waals surface area contributed by atoms with Crippen molar-refractivity contribution in [1.29, 1.82) is 0 Å². The Morgan fingerprint density at radius 2 is 1.19 bits per heavy atom. The number of benzene rings is 2. The second-order valence-electron chi connectivity index (χ2n) is 14.9. The lowest BCUT2D eigenvalue weighted by Crippen LogP contribution is -2.27. The van der Waals surface area contributed by atoms with Gasteiger partial charge >= 0.3 is 12.2 Å². The molecule has 0 fully saturated rings. The van der Waals surface area contributed by atoms with Crippen LogP contribution in [-0.2, 0) is 22.3 Å². The molecule has 59 heavy (non-hydrogen) atoms. The Morgan fingerprint density at radius 1 is 0.712 bits per heavy atom. The molecule has 6 aromatic rings. The van der Waals surface area contributed by atoms with Gasteiger partial charge in [0.05, 0.1) is 47.6 Å². The van der Waals surface area contributed by atoms with Gasteiger partial charge in [-0.1, -0.05) is 52.0 Å². The molecule has 0 unspecified atom stereocenters. The molecule has 0 saturated heterocycles. The standard InChI is InChI=1S/C21H25N5O2.C13H13ClN2.C8H13N3O2.C2H6/c1-6-15-7-8-16(11-14(15)2)18-9-10-22-19(25-18)24-17-12-23-26(13-17)20(27)28-21(3,4)5;1-3-10-4-5-11(8-9(10)2)12-6-7-15-13(14)16-12;1-8(2,3)13-7(12)11-5-6(9)4-10-11;1-2/h7-13H,6H2,1-5H3,(H,22,24,25);4-8H,3H2,1-2H3;4-5H,9H2,1-3H3;1-2H3. The van der Waals surface area contributed by atoms with Crippen molar-refractivity contribution in [1.82, 2.24) is 39.5 Å². The van der Waals surface area contributed by atoms with Gasteiger partial charge < -0.3 is 20.5 Å². The molecule has 3 N–H and O–H groups in total. The minimum absolute atomic E-state index is 0.287. The topological polar surface area (TPSA) is 178 Å². The molecule has 14 nitrogen and oxygen atoms in total. The van der Waals surface area contributed by atoms with Gasteiger partial charge in [0.2, 0.25) is 11.2 Å². The first kappa shape index (κ1) is 47.2. The Morgan fingerprint density at radius 3 is 1.63 bits per heavy atom. The number of hydrogen-bond acceptors (Lipinski definition) is 12. The maximum Gasteiger partial charge on any atom is 0.435 e. The fourth-order valence-electron chi connectivity index (χ4n) is 5.25. The highest BCUT2D eigenvalue weighted by Crippen LogP contribution is 2.24. The molecule has 0 spiro atoms. The number of nitrogens with two attached hydrogens (primary N) is 1. The number of aryl methyl sites for hydroxylation is 4. The van der Waals surface area contributed by atoms with Gasteiger partial charge in [0, 0.05) is 23.5 Å². The number of nitrogen functional groups attached to an aromatic ring is 1. The molecule has 15 heteroatoms. The maximum absolute atomic E-state index is 12.1. The van der Waals surface area contributed by atoms with Crippen molar-refractivity contribution in [3.05, 3.63) is 113 Å². The first-order valence-electron chi connectivity index (χ1n) is 19.4. The zero-order valence-corrected chi connectivity index (χ0v) is 36.9. The molecular formula is C44H57ClN10O4.